The summed E-state index contributed by atoms with van der Waals surface area (Å²) in [5.41, 5.74) is 2.20. The van der Waals surface area contributed by atoms with Crippen molar-refractivity contribution in [1.82, 2.24) is 0 Å². The Bertz CT molecular complexity index is 431. The fourth-order valence-corrected chi connectivity index (χ4v) is 2.37. The predicted molar refractivity (Wildman–Crippen MR) is 73.8 cm³/mol. The van der Waals surface area contributed by atoms with E-state index in [2.05, 4.69) is 48.8 Å². The molecule has 0 saturated heterocycles. The van der Waals surface area contributed by atoms with E-state index in [9.17, 15) is 4.79 Å². The average molecular weight is 299 g/mol. The Morgan fingerprint density at radius 2 is 1.94 bits per heavy atom. The van der Waals surface area contributed by atoms with Crippen molar-refractivity contribution in [3.63, 3.8) is 0 Å². The molecule has 0 N–H and O–H groups in total. The number of ketones is 1. The molecule has 1 aromatic rings. The molecule has 0 aliphatic rings. The highest BCUT2D eigenvalue weighted by Crippen LogP contribution is 2.35. The van der Waals surface area contributed by atoms with E-state index >= 15 is 0 Å². The number of halogens is 1. The molecule has 0 amide bonds. The topological polar surface area (TPSA) is 26.3 Å². The number of benzene rings is 1. The summed E-state index contributed by atoms with van der Waals surface area (Å²) in [5, 5.41) is 0. The zero-order chi connectivity index (χ0) is 13.2. The molecule has 0 bridgehead atoms. The van der Waals surface area contributed by atoms with Gasteiger partial charge in [-0.3, -0.25) is 4.79 Å². The molecule has 1 rings (SSSR count). The van der Waals surface area contributed by atoms with E-state index in [1.807, 2.05) is 0 Å². The van der Waals surface area contributed by atoms with Gasteiger partial charge < -0.3 is 4.74 Å². The Balaban J connectivity index is 3.33. The van der Waals surface area contributed by atoms with E-state index in [4.69, 9.17) is 4.74 Å². The number of carbonyl (C=O) groups is 1. The number of Topliss-reactive ketones (excluding diaryl/α,β-unsaturated/α-hetero) is 1. The summed E-state index contributed by atoms with van der Waals surface area (Å²) >= 11 is 3.50. The summed E-state index contributed by atoms with van der Waals surface area (Å²) in [5.74, 6) is 0.898. The van der Waals surface area contributed by atoms with Crippen molar-refractivity contribution in [2.45, 2.75) is 39.5 Å². The van der Waals surface area contributed by atoms with Gasteiger partial charge in [0.15, 0.2) is 0 Å². The molecule has 0 spiro atoms. The fraction of sp³-hybridized carbons (Fsp3) is 0.500. The quantitative estimate of drug-likeness (QED) is 0.846. The number of hydrogen-bond acceptors (Lipinski definition) is 2. The molecular weight excluding hydrogens is 280 g/mol. The van der Waals surface area contributed by atoms with E-state index < -0.39 is 0 Å². The van der Waals surface area contributed by atoms with Gasteiger partial charge >= 0.3 is 0 Å². The van der Waals surface area contributed by atoms with Crippen LogP contribution in [0.3, 0.4) is 0 Å². The smallest absolute Gasteiger partial charge is 0.136 e. The Morgan fingerprint density at radius 1 is 1.35 bits per heavy atom. The molecule has 17 heavy (non-hydrogen) atoms. The number of rotatable bonds is 3. The maximum Gasteiger partial charge on any atom is 0.136 e. The molecule has 0 aliphatic carbocycles. The van der Waals surface area contributed by atoms with Gasteiger partial charge in [0.05, 0.1) is 11.6 Å². The van der Waals surface area contributed by atoms with Crippen molar-refractivity contribution in [3.8, 4) is 5.75 Å². The van der Waals surface area contributed by atoms with Crippen molar-refractivity contribution in [2.75, 3.05) is 7.11 Å². The van der Waals surface area contributed by atoms with Crippen molar-refractivity contribution in [1.29, 1.82) is 0 Å². The molecule has 0 aliphatic heterocycles. The third-order valence-corrected chi connectivity index (χ3v) is 3.22. The number of hydrogen-bond donors (Lipinski definition) is 0. The Kier molecular flexibility index (Phi) is 4.36. The first-order valence-electron chi connectivity index (χ1n) is 5.62. The Morgan fingerprint density at radius 3 is 2.35 bits per heavy atom. The highest BCUT2D eigenvalue weighted by molar-refractivity contribution is 9.10. The average Bonchev–Trinajstić information content (AvgIpc) is 2.14. The van der Waals surface area contributed by atoms with Gasteiger partial charge in [-0.1, -0.05) is 26.8 Å². The SMILES string of the molecule is COc1c(Br)cc(C(C)(C)C)cc1CC(C)=O. The minimum Gasteiger partial charge on any atom is -0.495 e. The fourth-order valence-electron chi connectivity index (χ4n) is 1.71. The Labute approximate surface area is 111 Å². The van der Waals surface area contributed by atoms with Crippen LogP contribution in [-0.4, -0.2) is 12.9 Å². The van der Waals surface area contributed by atoms with Crippen LogP contribution in [-0.2, 0) is 16.6 Å². The van der Waals surface area contributed by atoms with Crippen LogP contribution in [0.25, 0.3) is 0 Å². The minimum atomic E-state index is 0.0559. The van der Waals surface area contributed by atoms with Crippen LogP contribution in [0.1, 0.15) is 38.8 Å². The lowest BCUT2D eigenvalue weighted by molar-refractivity contribution is -0.116. The molecule has 0 atom stereocenters. The molecular formula is C14H19BrO2. The second kappa shape index (κ2) is 5.21. The van der Waals surface area contributed by atoms with Crippen molar-refractivity contribution in [2.24, 2.45) is 0 Å². The largest absolute Gasteiger partial charge is 0.495 e. The number of ether oxygens (including phenoxy) is 1. The monoisotopic (exact) mass is 298 g/mol. The normalized spacial score (nSPS) is 11.4. The first-order valence-corrected chi connectivity index (χ1v) is 6.41. The van der Waals surface area contributed by atoms with Gasteiger partial charge in [-0.2, -0.15) is 0 Å². The van der Waals surface area contributed by atoms with Crippen LogP contribution in [0.15, 0.2) is 16.6 Å². The molecule has 0 unspecified atom stereocenters. The maximum absolute atomic E-state index is 11.3. The summed E-state index contributed by atoms with van der Waals surface area (Å²) in [6, 6.07) is 4.12. The Hall–Kier alpha value is -0.830. The lowest BCUT2D eigenvalue weighted by atomic mass is 9.85. The summed E-state index contributed by atoms with van der Waals surface area (Å²) in [4.78, 5) is 11.3. The zero-order valence-corrected chi connectivity index (χ0v) is 12.6. The number of methoxy groups -OCH3 is 1. The van der Waals surface area contributed by atoms with Crippen molar-refractivity contribution >= 4 is 21.7 Å². The van der Waals surface area contributed by atoms with Crippen LogP contribution in [0.4, 0.5) is 0 Å². The van der Waals surface area contributed by atoms with Crippen molar-refractivity contribution in [3.05, 3.63) is 27.7 Å². The van der Waals surface area contributed by atoms with Gasteiger partial charge in [0, 0.05) is 12.0 Å². The van der Waals surface area contributed by atoms with Gasteiger partial charge in [-0.25, -0.2) is 0 Å². The van der Waals surface area contributed by atoms with Gasteiger partial charge in [-0.05, 0) is 39.9 Å². The molecule has 0 aromatic heterocycles. The van der Waals surface area contributed by atoms with Gasteiger partial charge in [-0.15, -0.1) is 0 Å². The summed E-state index contributed by atoms with van der Waals surface area (Å²) in [6.45, 7) is 8.05. The summed E-state index contributed by atoms with van der Waals surface area (Å²) in [6.07, 6.45) is 0.408. The molecule has 0 heterocycles. The van der Waals surface area contributed by atoms with Crippen LogP contribution >= 0.6 is 15.9 Å². The van der Waals surface area contributed by atoms with Crippen LogP contribution in [0.5, 0.6) is 5.75 Å². The highest BCUT2D eigenvalue weighted by Gasteiger charge is 2.19. The lowest BCUT2D eigenvalue weighted by Gasteiger charge is -2.22. The molecule has 0 radical (unpaired) electrons. The highest BCUT2D eigenvalue weighted by atomic mass is 79.9. The van der Waals surface area contributed by atoms with Crippen LogP contribution in [0, 0.1) is 0 Å². The first-order chi connectivity index (χ1) is 7.75. The van der Waals surface area contributed by atoms with Gasteiger partial charge in [0.1, 0.15) is 11.5 Å². The summed E-state index contributed by atoms with van der Waals surface area (Å²) in [7, 11) is 1.63. The molecule has 1 aromatic carbocycles. The maximum atomic E-state index is 11.3. The first kappa shape index (κ1) is 14.2. The van der Waals surface area contributed by atoms with E-state index in [1.165, 1.54) is 5.56 Å². The molecule has 3 heteroatoms. The zero-order valence-electron chi connectivity index (χ0n) is 11.1. The summed E-state index contributed by atoms with van der Waals surface area (Å²) < 4.78 is 6.25. The number of carbonyl (C=O) groups excluding carboxylic acids is 1. The van der Waals surface area contributed by atoms with Crippen LogP contribution in [0.2, 0.25) is 0 Å². The standard InChI is InChI=1S/C14H19BrO2/c1-9(16)6-10-7-11(14(2,3)4)8-12(15)13(10)17-5/h7-8H,6H2,1-5H3. The molecule has 0 fully saturated rings. The van der Waals surface area contributed by atoms with Gasteiger partial charge in [0.2, 0.25) is 0 Å². The van der Waals surface area contributed by atoms with E-state index in [0.717, 1.165) is 15.8 Å². The van der Waals surface area contributed by atoms with E-state index in [1.54, 1.807) is 14.0 Å². The molecule has 2 nitrogen and oxygen atoms in total. The van der Waals surface area contributed by atoms with Crippen LogP contribution < -0.4 is 4.74 Å². The predicted octanol–water partition coefficient (Wildman–Crippen LogP) is 3.89. The molecule has 94 valence electrons. The second-order valence-corrected chi connectivity index (χ2v) is 6.13. The van der Waals surface area contributed by atoms with Crippen molar-refractivity contribution < 1.29 is 9.53 Å². The second-order valence-electron chi connectivity index (χ2n) is 5.28. The van der Waals surface area contributed by atoms with Gasteiger partial charge in [0.25, 0.3) is 0 Å². The van der Waals surface area contributed by atoms with E-state index in [0.29, 0.717) is 6.42 Å². The van der Waals surface area contributed by atoms with E-state index in [-0.39, 0.29) is 11.2 Å². The third kappa shape index (κ3) is 3.56. The minimum absolute atomic E-state index is 0.0559. The third-order valence-electron chi connectivity index (χ3n) is 2.63. The molecule has 0 saturated carbocycles. The lowest BCUT2D eigenvalue weighted by Crippen LogP contribution is -2.13.